The lowest BCUT2D eigenvalue weighted by Crippen LogP contribution is -2.12. The molecule has 0 saturated heterocycles. The lowest BCUT2D eigenvalue weighted by molar-refractivity contribution is -0.137. The predicted octanol–water partition coefficient (Wildman–Crippen LogP) is 3.64. The van der Waals surface area contributed by atoms with Gasteiger partial charge in [-0.05, 0) is 41.5 Å². The van der Waals surface area contributed by atoms with Gasteiger partial charge in [-0.25, -0.2) is 0 Å². The quantitative estimate of drug-likeness (QED) is 0.676. The van der Waals surface area contributed by atoms with E-state index in [9.17, 15) is 18.0 Å². The summed E-state index contributed by atoms with van der Waals surface area (Å²) in [6.07, 6.45) is -2.56. The predicted molar refractivity (Wildman–Crippen MR) is 55.8 cm³/mol. The summed E-state index contributed by atoms with van der Waals surface area (Å²) in [4.78, 5) is 11.5. The fourth-order valence-electron chi connectivity index (χ4n) is 3.09. The zero-order valence-corrected chi connectivity index (χ0v) is 9.05. The minimum Gasteiger partial charge on any atom is -0.300 e. The van der Waals surface area contributed by atoms with E-state index in [1.54, 1.807) is 6.07 Å². The minimum atomic E-state index is -4.30. The SMILES string of the molecule is O=C1CC2CC(C1)c1cc(C(F)(F)F)ccc12. The van der Waals surface area contributed by atoms with Gasteiger partial charge < -0.3 is 0 Å². The third-order valence-electron chi connectivity index (χ3n) is 3.81. The zero-order chi connectivity index (χ0) is 12.2. The van der Waals surface area contributed by atoms with Crippen molar-refractivity contribution in [1.82, 2.24) is 0 Å². The van der Waals surface area contributed by atoms with Crippen LogP contribution in [-0.4, -0.2) is 5.78 Å². The lowest BCUT2D eigenvalue weighted by Gasteiger charge is -2.17. The molecule has 4 heteroatoms. The molecule has 1 fully saturated rings. The van der Waals surface area contributed by atoms with Gasteiger partial charge in [-0.2, -0.15) is 13.2 Å². The first-order chi connectivity index (χ1) is 7.95. The van der Waals surface area contributed by atoms with Crippen LogP contribution in [0.1, 0.15) is 47.8 Å². The van der Waals surface area contributed by atoms with Gasteiger partial charge in [0, 0.05) is 12.8 Å². The Hall–Kier alpha value is -1.32. The van der Waals surface area contributed by atoms with Gasteiger partial charge in [0.1, 0.15) is 5.78 Å². The molecule has 0 heterocycles. The van der Waals surface area contributed by atoms with E-state index in [2.05, 4.69) is 0 Å². The first-order valence-electron chi connectivity index (χ1n) is 5.68. The molecule has 1 aromatic rings. The summed E-state index contributed by atoms with van der Waals surface area (Å²) in [5.41, 5.74) is 1.10. The van der Waals surface area contributed by atoms with E-state index in [4.69, 9.17) is 0 Å². The monoisotopic (exact) mass is 240 g/mol. The minimum absolute atomic E-state index is 0.0125. The number of fused-ring (bicyclic) bond motifs is 5. The normalized spacial score (nSPS) is 27.1. The van der Waals surface area contributed by atoms with Crippen molar-refractivity contribution in [1.29, 1.82) is 0 Å². The molecule has 1 nitrogen and oxygen atoms in total. The molecule has 2 bridgehead atoms. The number of hydrogen-bond acceptors (Lipinski definition) is 1. The van der Waals surface area contributed by atoms with Crippen LogP contribution in [0.15, 0.2) is 18.2 Å². The van der Waals surface area contributed by atoms with Gasteiger partial charge in [0.25, 0.3) is 0 Å². The van der Waals surface area contributed by atoms with Crippen LogP contribution in [0, 0.1) is 0 Å². The summed E-state index contributed by atoms with van der Waals surface area (Å²) in [7, 11) is 0. The molecule has 2 aliphatic rings. The third kappa shape index (κ3) is 1.66. The number of Topliss-reactive ketones (excluding diaryl/α,β-unsaturated/α-hetero) is 1. The second-order valence-electron chi connectivity index (χ2n) is 4.92. The summed E-state index contributed by atoms with van der Waals surface area (Å²) in [5, 5.41) is 0. The maximum Gasteiger partial charge on any atom is 0.416 e. The number of benzene rings is 1. The lowest BCUT2D eigenvalue weighted by atomic mass is 9.86. The van der Waals surface area contributed by atoms with Crippen LogP contribution >= 0.6 is 0 Å². The standard InChI is InChI=1S/C13H11F3O/c14-13(15,16)9-1-2-11-7-3-8(12(11)6-9)5-10(17)4-7/h1-2,6-8H,3-5H2. The number of ketones is 1. The highest BCUT2D eigenvalue weighted by Crippen LogP contribution is 2.50. The summed E-state index contributed by atoms with van der Waals surface area (Å²) in [6, 6.07) is 3.92. The van der Waals surface area contributed by atoms with Gasteiger partial charge in [0.05, 0.1) is 5.56 Å². The Bertz CT molecular complexity index is 490. The van der Waals surface area contributed by atoms with Gasteiger partial charge in [0.2, 0.25) is 0 Å². The number of carbonyl (C=O) groups is 1. The highest BCUT2D eigenvalue weighted by atomic mass is 19.4. The van der Waals surface area contributed by atoms with Crippen LogP contribution in [0.25, 0.3) is 0 Å². The van der Waals surface area contributed by atoms with Crippen molar-refractivity contribution >= 4 is 5.78 Å². The van der Waals surface area contributed by atoms with Crippen molar-refractivity contribution < 1.29 is 18.0 Å². The molecule has 0 aliphatic heterocycles. The first-order valence-corrected chi connectivity index (χ1v) is 5.68. The zero-order valence-electron chi connectivity index (χ0n) is 9.05. The Kier molecular flexibility index (Phi) is 2.12. The molecular formula is C13H11F3O. The smallest absolute Gasteiger partial charge is 0.300 e. The van der Waals surface area contributed by atoms with E-state index >= 15 is 0 Å². The summed E-state index contributed by atoms with van der Waals surface area (Å²) >= 11 is 0. The molecule has 90 valence electrons. The van der Waals surface area contributed by atoms with Crippen LogP contribution in [0.4, 0.5) is 13.2 Å². The van der Waals surface area contributed by atoms with E-state index in [0.29, 0.717) is 12.8 Å². The third-order valence-corrected chi connectivity index (χ3v) is 3.81. The second kappa shape index (κ2) is 3.34. The fraction of sp³-hybridized carbons (Fsp3) is 0.462. The van der Waals surface area contributed by atoms with Crippen molar-refractivity contribution in [2.75, 3.05) is 0 Å². The molecule has 0 radical (unpaired) electrons. The molecule has 1 aromatic carbocycles. The van der Waals surface area contributed by atoms with E-state index in [1.807, 2.05) is 0 Å². The number of hydrogen-bond donors (Lipinski definition) is 0. The molecule has 17 heavy (non-hydrogen) atoms. The van der Waals surface area contributed by atoms with E-state index in [1.165, 1.54) is 6.07 Å². The molecule has 2 atom stereocenters. The Morgan fingerprint density at radius 1 is 1.06 bits per heavy atom. The van der Waals surface area contributed by atoms with Gasteiger partial charge >= 0.3 is 6.18 Å². The molecule has 1 saturated carbocycles. The highest BCUT2D eigenvalue weighted by Gasteiger charge is 2.40. The Morgan fingerprint density at radius 3 is 2.35 bits per heavy atom. The van der Waals surface area contributed by atoms with Gasteiger partial charge in [-0.15, -0.1) is 0 Å². The first kappa shape index (κ1) is 10.8. The van der Waals surface area contributed by atoms with Crippen LogP contribution in [0.5, 0.6) is 0 Å². The van der Waals surface area contributed by atoms with Gasteiger partial charge in [-0.3, -0.25) is 4.79 Å². The molecule has 0 aromatic heterocycles. The number of alkyl halides is 3. The topological polar surface area (TPSA) is 17.1 Å². The Labute approximate surface area is 96.6 Å². The maximum atomic E-state index is 12.6. The van der Waals surface area contributed by atoms with Crippen molar-refractivity contribution in [3.8, 4) is 0 Å². The average molecular weight is 240 g/mol. The second-order valence-corrected chi connectivity index (χ2v) is 4.92. The van der Waals surface area contributed by atoms with Crippen LogP contribution in [-0.2, 0) is 11.0 Å². The molecule has 3 rings (SSSR count). The van der Waals surface area contributed by atoms with Crippen molar-refractivity contribution in [2.45, 2.75) is 37.3 Å². The van der Waals surface area contributed by atoms with Gasteiger partial charge in [0.15, 0.2) is 0 Å². The summed E-state index contributed by atoms with van der Waals surface area (Å²) in [5.74, 6) is 0.341. The largest absolute Gasteiger partial charge is 0.416 e. The molecule has 0 spiro atoms. The van der Waals surface area contributed by atoms with Crippen LogP contribution in [0.3, 0.4) is 0 Å². The fourth-order valence-corrected chi connectivity index (χ4v) is 3.09. The van der Waals surface area contributed by atoms with Crippen LogP contribution in [0.2, 0.25) is 0 Å². The number of carbonyl (C=O) groups excluding carboxylic acids is 1. The van der Waals surface area contributed by atoms with Crippen molar-refractivity contribution in [3.63, 3.8) is 0 Å². The van der Waals surface area contributed by atoms with E-state index in [-0.39, 0.29) is 17.6 Å². The van der Waals surface area contributed by atoms with E-state index in [0.717, 1.165) is 23.6 Å². The maximum absolute atomic E-state index is 12.6. The van der Waals surface area contributed by atoms with E-state index < -0.39 is 11.7 Å². The Balaban J connectivity index is 2.07. The highest BCUT2D eigenvalue weighted by molar-refractivity contribution is 5.82. The summed E-state index contributed by atoms with van der Waals surface area (Å²) < 4.78 is 37.8. The average Bonchev–Trinajstić information content (AvgIpc) is 2.50. The summed E-state index contributed by atoms with van der Waals surface area (Å²) in [6.45, 7) is 0. The van der Waals surface area contributed by atoms with Crippen molar-refractivity contribution in [3.05, 3.63) is 34.9 Å². The Morgan fingerprint density at radius 2 is 1.71 bits per heavy atom. The molecule has 2 unspecified atom stereocenters. The van der Waals surface area contributed by atoms with Crippen molar-refractivity contribution in [2.24, 2.45) is 0 Å². The molecular weight excluding hydrogens is 229 g/mol. The molecule has 2 aliphatic carbocycles. The van der Waals surface area contributed by atoms with Gasteiger partial charge in [-0.1, -0.05) is 6.07 Å². The number of rotatable bonds is 0. The molecule has 0 N–H and O–H groups in total. The molecule has 0 amide bonds. The van der Waals surface area contributed by atoms with Crippen LogP contribution < -0.4 is 0 Å². The number of halogens is 3.